The van der Waals surface area contributed by atoms with Gasteiger partial charge in [-0.3, -0.25) is 4.57 Å². The van der Waals surface area contributed by atoms with Gasteiger partial charge in [-0.1, -0.05) is 158 Å². The van der Waals surface area contributed by atoms with Crippen molar-refractivity contribution >= 4 is 87.5 Å². The van der Waals surface area contributed by atoms with Gasteiger partial charge in [0.25, 0.3) is 0 Å². The molecule has 14 rings (SSSR count). The van der Waals surface area contributed by atoms with Crippen molar-refractivity contribution < 1.29 is 8.83 Å². The lowest BCUT2D eigenvalue weighted by Gasteiger charge is -2.14. The predicted molar refractivity (Wildman–Crippen MR) is 259 cm³/mol. The Labute approximate surface area is 364 Å². The van der Waals surface area contributed by atoms with E-state index in [9.17, 15) is 0 Å². The fraction of sp³-hybridized carbons (Fsp3) is 0. The predicted octanol–water partition coefficient (Wildman–Crippen LogP) is 14.9. The van der Waals surface area contributed by atoms with Crippen molar-refractivity contribution in [3.8, 4) is 45.5 Å². The van der Waals surface area contributed by atoms with E-state index in [1.165, 1.54) is 0 Å². The Bertz CT molecular complexity index is 4200. The minimum atomic E-state index is 0.510. The van der Waals surface area contributed by atoms with Crippen molar-refractivity contribution in [2.75, 3.05) is 0 Å². The molecule has 5 heterocycles. The minimum absolute atomic E-state index is 0.510. The van der Waals surface area contributed by atoms with E-state index in [1.807, 2.05) is 54.6 Å². The van der Waals surface area contributed by atoms with Crippen LogP contribution in [0.1, 0.15) is 0 Å². The van der Waals surface area contributed by atoms with Crippen LogP contribution in [0.25, 0.3) is 133 Å². The number of hydrogen-bond donors (Lipinski definition) is 0. The lowest BCUT2D eigenvalue weighted by molar-refractivity contribution is 0.666. The number of furan rings is 2. The highest BCUT2D eigenvalue weighted by atomic mass is 16.3. The van der Waals surface area contributed by atoms with Crippen LogP contribution in [0.4, 0.5) is 0 Å². The van der Waals surface area contributed by atoms with Crippen LogP contribution < -0.4 is 0 Å². The molecule has 0 saturated carbocycles. The number of aromatic nitrogens is 5. The molecule has 14 aromatic rings. The molecule has 0 aliphatic rings. The fourth-order valence-corrected chi connectivity index (χ4v) is 9.99. The summed E-state index contributed by atoms with van der Waals surface area (Å²) in [4.78, 5) is 16.1. The van der Waals surface area contributed by atoms with Crippen LogP contribution in [-0.4, -0.2) is 24.1 Å². The van der Waals surface area contributed by atoms with Crippen LogP contribution in [0.3, 0.4) is 0 Å². The van der Waals surface area contributed by atoms with Gasteiger partial charge < -0.3 is 13.4 Å². The molecule has 7 heteroatoms. The van der Waals surface area contributed by atoms with Gasteiger partial charge in [-0.2, -0.15) is 9.97 Å². The first-order chi connectivity index (χ1) is 31.7. The molecule has 0 N–H and O–H groups in total. The molecule has 0 amide bonds. The Morgan fingerprint density at radius 2 is 0.906 bits per heavy atom. The molecule has 0 radical (unpaired) electrons. The monoisotopic (exact) mass is 819 g/mol. The summed E-state index contributed by atoms with van der Waals surface area (Å²) < 4.78 is 17.9. The van der Waals surface area contributed by atoms with Gasteiger partial charge in [0.2, 0.25) is 5.95 Å². The highest BCUT2D eigenvalue weighted by Gasteiger charge is 2.26. The largest absolute Gasteiger partial charge is 0.456 e. The van der Waals surface area contributed by atoms with Gasteiger partial charge >= 0.3 is 0 Å². The summed E-state index contributed by atoms with van der Waals surface area (Å²) in [6.45, 7) is 0. The molecule has 64 heavy (non-hydrogen) atoms. The van der Waals surface area contributed by atoms with Crippen molar-refractivity contribution in [1.29, 1.82) is 0 Å². The number of fused-ring (bicyclic) bond motifs is 13. The van der Waals surface area contributed by atoms with E-state index in [4.69, 9.17) is 23.8 Å². The van der Waals surface area contributed by atoms with E-state index in [1.54, 1.807) is 0 Å². The van der Waals surface area contributed by atoms with Crippen LogP contribution in [0, 0.1) is 0 Å². The molecule has 5 aromatic heterocycles. The summed E-state index contributed by atoms with van der Waals surface area (Å²) in [5.74, 6) is 1.64. The zero-order valence-corrected chi connectivity index (χ0v) is 34.1. The zero-order chi connectivity index (χ0) is 41.9. The summed E-state index contributed by atoms with van der Waals surface area (Å²) in [7, 11) is 0. The number of benzene rings is 9. The Balaban J connectivity index is 1.15. The average Bonchev–Trinajstić information content (AvgIpc) is 4.12. The van der Waals surface area contributed by atoms with E-state index in [-0.39, 0.29) is 0 Å². The smallest absolute Gasteiger partial charge is 0.238 e. The van der Waals surface area contributed by atoms with Gasteiger partial charge in [0, 0.05) is 54.2 Å². The molecule has 0 bridgehead atoms. The quantitative estimate of drug-likeness (QED) is 0.173. The number of hydrogen-bond acceptors (Lipinski definition) is 5. The van der Waals surface area contributed by atoms with Gasteiger partial charge in [-0.15, -0.1) is 0 Å². The fourth-order valence-electron chi connectivity index (χ4n) is 9.99. The number of nitrogens with zero attached hydrogens (tertiary/aromatic N) is 5. The van der Waals surface area contributed by atoms with Crippen molar-refractivity contribution in [3.05, 3.63) is 200 Å². The summed E-state index contributed by atoms with van der Waals surface area (Å²) in [5.41, 5.74) is 12.2. The molecule has 0 aliphatic heterocycles. The maximum absolute atomic E-state index is 6.90. The molecule has 0 spiro atoms. The summed E-state index contributed by atoms with van der Waals surface area (Å²) >= 11 is 0. The minimum Gasteiger partial charge on any atom is -0.456 e. The summed E-state index contributed by atoms with van der Waals surface area (Å²) in [5, 5.41) is 8.51. The summed E-state index contributed by atoms with van der Waals surface area (Å²) in [6.07, 6.45) is 0. The second-order valence-corrected chi connectivity index (χ2v) is 16.3. The summed E-state index contributed by atoms with van der Waals surface area (Å²) in [6, 6.07) is 69.6. The van der Waals surface area contributed by atoms with E-state index in [0.717, 1.165) is 115 Å². The molecule has 7 nitrogen and oxygen atoms in total. The highest BCUT2D eigenvalue weighted by Crippen LogP contribution is 2.45. The lowest BCUT2D eigenvalue weighted by atomic mass is 10.0. The standard InChI is InChI=1S/C57H33N5O2/c1-3-16-34(17-4-1)36-32-44-39-22-9-13-27-48(39)64-54(44)47(33-36)61-45-25-11-7-20-37(45)40-30-31-41-38-21-8-12-26-46(38)62(53(41)52(40)61)57-59-55(35-18-5-2-6-19-35)58-56(60-57)43-24-15-29-50-51(43)42-23-10-14-28-49(42)63-50/h1-33H. The molecule has 0 fully saturated rings. The first-order valence-corrected chi connectivity index (χ1v) is 21.4. The van der Waals surface area contributed by atoms with E-state index in [0.29, 0.717) is 17.6 Å². The Hall–Kier alpha value is -8.81. The number of rotatable bonds is 5. The first-order valence-electron chi connectivity index (χ1n) is 21.4. The van der Waals surface area contributed by atoms with Crippen molar-refractivity contribution in [1.82, 2.24) is 24.1 Å². The van der Waals surface area contributed by atoms with E-state index >= 15 is 0 Å². The number of para-hydroxylation sites is 4. The maximum Gasteiger partial charge on any atom is 0.238 e. The third kappa shape index (κ3) is 5.00. The molecule has 0 atom stereocenters. The molecular weight excluding hydrogens is 787 g/mol. The van der Waals surface area contributed by atoms with Crippen molar-refractivity contribution in [2.24, 2.45) is 0 Å². The van der Waals surface area contributed by atoms with Crippen LogP contribution in [-0.2, 0) is 0 Å². The van der Waals surface area contributed by atoms with Crippen LogP contribution in [0.15, 0.2) is 209 Å². The van der Waals surface area contributed by atoms with Gasteiger partial charge in [-0.05, 0) is 53.6 Å². The molecule has 0 unspecified atom stereocenters. The average molecular weight is 820 g/mol. The van der Waals surface area contributed by atoms with Crippen molar-refractivity contribution in [2.45, 2.75) is 0 Å². The third-order valence-electron chi connectivity index (χ3n) is 12.8. The highest BCUT2D eigenvalue weighted by molar-refractivity contribution is 6.24. The van der Waals surface area contributed by atoms with Crippen LogP contribution >= 0.6 is 0 Å². The Morgan fingerprint density at radius 3 is 1.64 bits per heavy atom. The molecule has 0 aliphatic carbocycles. The van der Waals surface area contributed by atoms with Gasteiger partial charge in [0.1, 0.15) is 16.7 Å². The first kappa shape index (κ1) is 34.9. The zero-order valence-electron chi connectivity index (χ0n) is 34.1. The molecule has 298 valence electrons. The third-order valence-corrected chi connectivity index (χ3v) is 12.8. The normalized spacial score (nSPS) is 12.1. The SMILES string of the molecule is c1ccc(-c2cc(-n3c4ccccc4c4ccc5c6ccccc6n(-c6nc(-c7ccccc7)nc(-c7cccc8oc9ccccc9c78)n6)c5c43)c3oc4ccccc4c3c2)cc1. The Morgan fingerprint density at radius 1 is 0.344 bits per heavy atom. The molecule has 0 saturated heterocycles. The van der Waals surface area contributed by atoms with Crippen LogP contribution in [0.5, 0.6) is 0 Å². The van der Waals surface area contributed by atoms with Gasteiger partial charge in [-0.25, -0.2) is 4.98 Å². The van der Waals surface area contributed by atoms with Crippen LogP contribution in [0.2, 0.25) is 0 Å². The van der Waals surface area contributed by atoms with Crippen molar-refractivity contribution in [3.63, 3.8) is 0 Å². The topological polar surface area (TPSA) is 74.8 Å². The van der Waals surface area contributed by atoms with Gasteiger partial charge in [0.15, 0.2) is 17.2 Å². The second kappa shape index (κ2) is 13.3. The molecule has 9 aromatic carbocycles. The van der Waals surface area contributed by atoms with E-state index in [2.05, 4.69) is 155 Å². The Kier molecular flexibility index (Phi) is 7.27. The molecular formula is C57H33N5O2. The lowest BCUT2D eigenvalue weighted by Crippen LogP contribution is -2.07. The van der Waals surface area contributed by atoms with Gasteiger partial charge in [0.05, 0.1) is 27.8 Å². The second-order valence-electron chi connectivity index (χ2n) is 16.3. The van der Waals surface area contributed by atoms with E-state index < -0.39 is 0 Å². The maximum atomic E-state index is 6.90.